The van der Waals surface area contributed by atoms with Gasteiger partial charge in [0.1, 0.15) is 5.60 Å². The molecule has 1 aromatic carbocycles. The molecule has 2 atom stereocenters. The average molecular weight is 471 g/mol. The number of benzene rings is 1. The van der Waals surface area contributed by atoms with Crippen molar-refractivity contribution in [2.45, 2.75) is 78.9 Å². The van der Waals surface area contributed by atoms with Gasteiger partial charge in [-0.15, -0.1) is 11.8 Å². The fraction of sp³-hybridized carbons (Fsp3) is 0.500. The van der Waals surface area contributed by atoms with Crippen molar-refractivity contribution in [2.24, 2.45) is 5.41 Å². The Morgan fingerprint density at radius 2 is 1.61 bits per heavy atom. The molecule has 0 radical (unpaired) electrons. The first-order chi connectivity index (χ1) is 15.2. The Kier molecular flexibility index (Phi) is 8.24. The Hall–Kier alpha value is -2.11. The SMILES string of the molecule is COC1C(C)=C(C(=O)OC(C)(C)C)C(C)=C(C)C1(C)C=CC(=O)c1cc(C)c(SC)c(C)c1. The number of methoxy groups -OCH3 is 1. The maximum Gasteiger partial charge on any atom is 0.338 e. The molecule has 0 heterocycles. The first-order valence-corrected chi connectivity index (χ1v) is 12.4. The molecule has 0 spiro atoms. The number of carbonyl (C=O) groups is 2. The minimum Gasteiger partial charge on any atom is -0.456 e. The lowest BCUT2D eigenvalue weighted by Gasteiger charge is -2.42. The fourth-order valence-electron chi connectivity index (χ4n) is 4.70. The van der Waals surface area contributed by atoms with E-state index >= 15 is 0 Å². The molecule has 0 bridgehead atoms. The smallest absolute Gasteiger partial charge is 0.338 e. The van der Waals surface area contributed by atoms with E-state index in [1.807, 2.05) is 86.8 Å². The van der Waals surface area contributed by atoms with E-state index in [-0.39, 0.29) is 11.8 Å². The van der Waals surface area contributed by atoms with E-state index in [0.717, 1.165) is 27.8 Å². The number of hydrogen-bond acceptors (Lipinski definition) is 5. The van der Waals surface area contributed by atoms with Gasteiger partial charge in [-0.05, 0) is 109 Å². The molecule has 2 rings (SSSR count). The summed E-state index contributed by atoms with van der Waals surface area (Å²) in [6.45, 7) is 17.5. The van der Waals surface area contributed by atoms with E-state index in [0.29, 0.717) is 11.1 Å². The lowest BCUT2D eigenvalue weighted by molar-refractivity contribution is -0.149. The second-order valence-electron chi connectivity index (χ2n) is 10.0. The van der Waals surface area contributed by atoms with E-state index in [9.17, 15) is 9.59 Å². The molecule has 5 heteroatoms. The van der Waals surface area contributed by atoms with Gasteiger partial charge in [0.15, 0.2) is 5.78 Å². The van der Waals surface area contributed by atoms with Gasteiger partial charge in [0, 0.05) is 23.0 Å². The number of ether oxygens (including phenoxy) is 2. The Morgan fingerprint density at radius 3 is 2.06 bits per heavy atom. The summed E-state index contributed by atoms with van der Waals surface area (Å²) >= 11 is 1.69. The highest BCUT2D eigenvalue weighted by Gasteiger charge is 2.43. The third kappa shape index (κ3) is 5.52. The van der Waals surface area contributed by atoms with Crippen LogP contribution in [0.2, 0.25) is 0 Å². The summed E-state index contributed by atoms with van der Waals surface area (Å²) in [5.74, 6) is -0.393. The highest BCUT2D eigenvalue weighted by atomic mass is 32.2. The summed E-state index contributed by atoms with van der Waals surface area (Å²) in [7, 11) is 1.64. The second-order valence-corrected chi connectivity index (χ2v) is 10.9. The van der Waals surface area contributed by atoms with E-state index in [2.05, 4.69) is 0 Å². The Labute approximate surface area is 203 Å². The van der Waals surface area contributed by atoms with Crippen molar-refractivity contribution in [1.29, 1.82) is 0 Å². The Bertz CT molecular complexity index is 1030. The third-order valence-electron chi connectivity index (χ3n) is 6.45. The predicted molar refractivity (Wildman–Crippen MR) is 137 cm³/mol. The summed E-state index contributed by atoms with van der Waals surface area (Å²) in [4.78, 5) is 27.3. The summed E-state index contributed by atoms with van der Waals surface area (Å²) in [6, 6.07) is 3.89. The standard InChI is InChI=1S/C28H38O4S/c1-16-14-21(15-17(2)24(16)33-11)22(29)12-13-28(9)20(5)18(3)23(19(4)25(28)31-10)26(30)32-27(6,7)8/h12-15,25H,1-11H3. The molecule has 0 saturated carbocycles. The van der Waals surface area contributed by atoms with Crippen LogP contribution in [-0.2, 0) is 14.3 Å². The zero-order chi connectivity index (χ0) is 25.3. The normalized spacial score (nSPS) is 21.7. The zero-order valence-electron chi connectivity index (χ0n) is 21.9. The van der Waals surface area contributed by atoms with E-state index in [4.69, 9.17) is 9.47 Å². The quantitative estimate of drug-likeness (QED) is 0.198. The molecular weight excluding hydrogens is 432 g/mol. The number of aryl methyl sites for hydroxylation is 2. The van der Waals surface area contributed by atoms with Crippen molar-refractivity contribution in [3.63, 3.8) is 0 Å². The maximum atomic E-state index is 13.1. The van der Waals surface area contributed by atoms with Crippen molar-refractivity contribution in [1.82, 2.24) is 0 Å². The van der Waals surface area contributed by atoms with Gasteiger partial charge in [-0.2, -0.15) is 0 Å². The summed E-state index contributed by atoms with van der Waals surface area (Å²) in [5.41, 5.74) is 4.93. The van der Waals surface area contributed by atoms with E-state index in [1.165, 1.54) is 4.90 Å². The number of esters is 1. The van der Waals surface area contributed by atoms with E-state index < -0.39 is 17.1 Å². The molecule has 4 nitrogen and oxygen atoms in total. The largest absolute Gasteiger partial charge is 0.456 e. The molecule has 0 aliphatic heterocycles. The molecule has 180 valence electrons. The minimum atomic E-state index is -0.587. The van der Waals surface area contributed by atoms with Gasteiger partial charge in [0.25, 0.3) is 0 Å². The summed E-state index contributed by atoms with van der Waals surface area (Å²) < 4.78 is 11.6. The average Bonchev–Trinajstić information content (AvgIpc) is 2.69. The molecule has 0 aromatic heterocycles. The third-order valence-corrected chi connectivity index (χ3v) is 7.50. The van der Waals surface area contributed by atoms with Crippen molar-refractivity contribution in [2.75, 3.05) is 13.4 Å². The highest BCUT2D eigenvalue weighted by molar-refractivity contribution is 7.98. The molecule has 33 heavy (non-hydrogen) atoms. The Morgan fingerprint density at radius 1 is 1.06 bits per heavy atom. The predicted octanol–water partition coefficient (Wildman–Crippen LogP) is 6.79. The molecule has 0 amide bonds. The summed E-state index contributed by atoms with van der Waals surface area (Å²) in [6.07, 6.45) is 5.21. The fourth-order valence-corrected chi connectivity index (χ4v) is 5.46. The van der Waals surface area contributed by atoms with Crippen molar-refractivity contribution < 1.29 is 19.1 Å². The minimum absolute atomic E-state index is 0.0463. The molecule has 0 N–H and O–H groups in total. The molecule has 0 saturated heterocycles. The number of rotatable bonds is 6. The van der Waals surface area contributed by atoms with Crippen LogP contribution in [0.5, 0.6) is 0 Å². The topological polar surface area (TPSA) is 52.6 Å². The molecule has 1 aromatic rings. The van der Waals surface area contributed by atoms with Crippen LogP contribution in [-0.4, -0.2) is 36.8 Å². The molecule has 1 aliphatic carbocycles. The van der Waals surface area contributed by atoms with Gasteiger partial charge in [-0.25, -0.2) is 4.79 Å². The van der Waals surface area contributed by atoms with E-state index in [1.54, 1.807) is 24.9 Å². The lowest BCUT2D eigenvalue weighted by atomic mass is 9.67. The highest BCUT2D eigenvalue weighted by Crippen LogP contribution is 2.46. The zero-order valence-corrected chi connectivity index (χ0v) is 22.7. The number of thioether (sulfide) groups is 1. The van der Waals surface area contributed by atoms with Crippen LogP contribution >= 0.6 is 11.8 Å². The number of ketones is 1. The summed E-state index contributed by atoms with van der Waals surface area (Å²) in [5, 5.41) is 0. The van der Waals surface area contributed by atoms with Gasteiger partial charge in [0.05, 0.1) is 11.7 Å². The van der Waals surface area contributed by atoms with Crippen molar-refractivity contribution in [3.8, 4) is 0 Å². The van der Waals surface area contributed by atoms with Crippen LogP contribution in [0.3, 0.4) is 0 Å². The van der Waals surface area contributed by atoms with Crippen LogP contribution < -0.4 is 0 Å². The first kappa shape index (κ1) is 27.1. The van der Waals surface area contributed by atoms with Crippen LogP contribution in [0, 0.1) is 19.3 Å². The molecular formula is C28H38O4S. The second kappa shape index (κ2) is 10.0. The lowest BCUT2D eigenvalue weighted by Crippen LogP contribution is -2.40. The number of hydrogen-bond donors (Lipinski definition) is 0. The van der Waals surface area contributed by atoms with Crippen LogP contribution in [0.15, 0.2) is 51.5 Å². The monoisotopic (exact) mass is 470 g/mol. The van der Waals surface area contributed by atoms with Gasteiger partial charge in [-0.1, -0.05) is 11.6 Å². The first-order valence-electron chi connectivity index (χ1n) is 11.2. The van der Waals surface area contributed by atoms with Gasteiger partial charge in [0.2, 0.25) is 0 Å². The van der Waals surface area contributed by atoms with Crippen LogP contribution in [0.25, 0.3) is 0 Å². The maximum absolute atomic E-state index is 13.1. The van der Waals surface area contributed by atoms with Crippen molar-refractivity contribution >= 4 is 23.5 Å². The molecule has 0 fully saturated rings. The van der Waals surface area contributed by atoms with Gasteiger partial charge >= 0.3 is 5.97 Å². The van der Waals surface area contributed by atoms with Gasteiger partial charge in [-0.3, -0.25) is 4.79 Å². The Balaban J connectivity index is 2.48. The van der Waals surface area contributed by atoms with Crippen LogP contribution in [0.1, 0.15) is 70.0 Å². The van der Waals surface area contributed by atoms with Crippen LogP contribution in [0.4, 0.5) is 0 Å². The van der Waals surface area contributed by atoms with Gasteiger partial charge < -0.3 is 9.47 Å². The number of carbonyl (C=O) groups excluding carboxylic acids is 2. The van der Waals surface area contributed by atoms with Crippen molar-refractivity contribution in [3.05, 3.63) is 63.3 Å². The molecule has 1 aliphatic rings. The molecule has 2 unspecified atom stereocenters. The number of allylic oxidation sites excluding steroid dienone is 1.